The van der Waals surface area contributed by atoms with Gasteiger partial charge in [0, 0.05) is 29.2 Å². The maximum Gasteiger partial charge on any atom is 0.223 e. The average molecular weight is 286 g/mol. The Morgan fingerprint density at radius 3 is 3.20 bits per heavy atom. The highest BCUT2D eigenvalue weighted by Crippen LogP contribution is 2.23. The topological polar surface area (TPSA) is 84.7 Å². The minimum atomic E-state index is -0.113. The van der Waals surface area contributed by atoms with Crippen LogP contribution < -0.4 is 5.73 Å². The van der Waals surface area contributed by atoms with E-state index in [1.54, 1.807) is 12.4 Å². The van der Waals surface area contributed by atoms with Crippen LogP contribution in [0, 0.1) is 0 Å². The summed E-state index contributed by atoms with van der Waals surface area (Å²) in [7, 11) is 0. The molecule has 0 spiro atoms. The van der Waals surface area contributed by atoms with Crippen molar-refractivity contribution >= 4 is 28.2 Å². The summed E-state index contributed by atoms with van der Waals surface area (Å²) in [6.07, 6.45) is 4.17. The number of pyridine rings is 1. The number of hydrogen-bond donors (Lipinski definition) is 2. The molecule has 6 heteroatoms. The SMILES string of the molecule is CCC(N)c1csc(C(=O)c2c[nH]c3ncccc23)n1. The van der Waals surface area contributed by atoms with E-state index < -0.39 is 0 Å². The van der Waals surface area contributed by atoms with Gasteiger partial charge in [0.15, 0.2) is 5.01 Å². The highest BCUT2D eigenvalue weighted by atomic mass is 32.1. The van der Waals surface area contributed by atoms with Crippen molar-refractivity contribution in [3.8, 4) is 0 Å². The van der Waals surface area contributed by atoms with Crippen LogP contribution in [0.4, 0.5) is 0 Å². The van der Waals surface area contributed by atoms with E-state index >= 15 is 0 Å². The van der Waals surface area contributed by atoms with E-state index in [-0.39, 0.29) is 11.8 Å². The van der Waals surface area contributed by atoms with Crippen LogP contribution in [-0.4, -0.2) is 20.7 Å². The number of rotatable bonds is 4. The number of nitrogens with one attached hydrogen (secondary N) is 1. The van der Waals surface area contributed by atoms with Gasteiger partial charge in [0.1, 0.15) is 5.65 Å². The molecule has 0 aliphatic rings. The van der Waals surface area contributed by atoms with E-state index in [1.807, 2.05) is 24.4 Å². The quantitative estimate of drug-likeness (QED) is 0.722. The lowest BCUT2D eigenvalue weighted by Gasteiger charge is -2.02. The van der Waals surface area contributed by atoms with E-state index in [1.165, 1.54) is 11.3 Å². The second-order valence-corrected chi connectivity index (χ2v) is 5.38. The normalized spacial score (nSPS) is 12.7. The molecule has 0 saturated carbocycles. The predicted molar refractivity (Wildman–Crippen MR) is 78.9 cm³/mol. The van der Waals surface area contributed by atoms with Crippen LogP contribution in [-0.2, 0) is 0 Å². The second kappa shape index (κ2) is 5.15. The van der Waals surface area contributed by atoms with Gasteiger partial charge in [-0.25, -0.2) is 9.97 Å². The minimum absolute atomic E-state index is 0.0937. The van der Waals surface area contributed by atoms with Gasteiger partial charge in [-0.3, -0.25) is 4.79 Å². The fraction of sp³-hybridized carbons (Fsp3) is 0.214. The number of nitrogens with zero attached hydrogens (tertiary/aromatic N) is 2. The van der Waals surface area contributed by atoms with Crippen molar-refractivity contribution in [2.75, 3.05) is 0 Å². The first kappa shape index (κ1) is 13.0. The lowest BCUT2D eigenvalue weighted by atomic mass is 10.1. The molecule has 0 aliphatic heterocycles. The summed E-state index contributed by atoms with van der Waals surface area (Å²) in [5.74, 6) is -0.0937. The highest BCUT2D eigenvalue weighted by molar-refractivity contribution is 7.12. The summed E-state index contributed by atoms with van der Waals surface area (Å²) < 4.78 is 0. The largest absolute Gasteiger partial charge is 0.345 e. The first-order valence-corrected chi connectivity index (χ1v) is 7.26. The molecule has 0 aromatic carbocycles. The van der Waals surface area contributed by atoms with Crippen molar-refractivity contribution in [2.24, 2.45) is 5.73 Å². The van der Waals surface area contributed by atoms with Crippen molar-refractivity contribution in [2.45, 2.75) is 19.4 Å². The van der Waals surface area contributed by atoms with Gasteiger partial charge >= 0.3 is 0 Å². The molecule has 0 radical (unpaired) electrons. The Hall–Kier alpha value is -2.05. The first-order valence-electron chi connectivity index (χ1n) is 6.38. The summed E-state index contributed by atoms with van der Waals surface area (Å²) >= 11 is 1.33. The van der Waals surface area contributed by atoms with E-state index in [9.17, 15) is 4.79 Å². The summed E-state index contributed by atoms with van der Waals surface area (Å²) in [4.78, 5) is 24.0. The zero-order valence-electron chi connectivity index (χ0n) is 11.0. The van der Waals surface area contributed by atoms with Gasteiger partial charge in [-0.2, -0.15) is 0 Å². The molecule has 0 saturated heterocycles. The summed E-state index contributed by atoms with van der Waals surface area (Å²) in [5.41, 5.74) is 8.01. The Morgan fingerprint density at radius 1 is 1.55 bits per heavy atom. The molecular formula is C14H14N4OS. The molecule has 3 N–H and O–H groups in total. The van der Waals surface area contributed by atoms with Crippen LogP contribution in [0.25, 0.3) is 11.0 Å². The van der Waals surface area contributed by atoms with Gasteiger partial charge < -0.3 is 10.7 Å². The Balaban J connectivity index is 1.98. The molecule has 3 aromatic rings. The van der Waals surface area contributed by atoms with Crippen LogP contribution in [0.3, 0.4) is 0 Å². The van der Waals surface area contributed by atoms with Crippen molar-refractivity contribution in [3.63, 3.8) is 0 Å². The average Bonchev–Trinajstić information content (AvgIpc) is 3.12. The van der Waals surface area contributed by atoms with Gasteiger partial charge in [-0.1, -0.05) is 6.92 Å². The van der Waals surface area contributed by atoms with E-state index in [4.69, 9.17) is 5.73 Å². The fourth-order valence-corrected chi connectivity index (χ4v) is 2.86. The third kappa shape index (κ3) is 2.13. The molecule has 102 valence electrons. The lowest BCUT2D eigenvalue weighted by molar-refractivity contribution is 0.103. The fourth-order valence-electron chi connectivity index (χ4n) is 2.03. The van der Waals surface area contributed by atoms with Crippen molar-refractivity contribution in [1.29, 1.82) is 0 Å². The number of hydrogen-bond acceptors (Lipinski definition) is 5. The Bertz CT molecular complexity index is 761. The molecule has 3 heterocycles. The molecule has 0 bridgehead atoms. The molecule has 3 rings (SSSR count). The number of ketones is 1. The summed E-state index contributed by atoms with van der Waals surface area (Å²) in [5, 5.41) is 3.14. The van der Waals surface area contributed by atoms with Crippen LogP contribution in [0.1, 0.15) is 40.4 Å². The van der Waals surface area contributed by atoms with Gasteiger partial charge in [-0.05, 0) is 18.6 Å². The van der Waals surface area contributed by atoms with Crippen molar-refractivity contribution in [1.82, 2.24) is 15.0 Å². The number of carbonyl (C=O) groups excluding carboxylic acids is 1. The third-order valence-corrected chi connectivity index (χ3v) is 4.09. The number of H-pyrrole nitrogens is 1. The van der Waals surface area contributed by atoms with Crippen LogP contribution >= 0.6 is 11.3 Å². The van der Waals surface area contributed by atoms with Crippen LogP contribution in [0.15, 0.2) is 29.9 Å². The van der Waals surface area contributed by atoms with E-state index in [0.717, 1.165) is 17.5 Å². The number of carbonyl (C=O) groups is 1. The Morgan fingerprint density at radius 2 is 2.40 bits per heavy atom. The molecular weight excluding hydrogens is 272 g/mol. The second-order valence-electron chi connectivity index (χ2n) is 4.52. The zero-order chi connectivity index (χ0) is 14.1. The Kier molecular flexibility index (Phi) is 3.33. The maximum atomic E-state index is 12.5. The highest BCUT2D eigenvalue weighted by Gasteiger charge is 2.19. The third-order valence-electron chi connectivity index (χ3n) is 3.23. The number of nitrogens with two attached hydrogens (primary N) is 1. The molecule has 0 amide bonds. The molecule has 5 nitrogen and oxygen atoms in total. The number of aromatic amines is 1. The predicted octanol–water partition coefficient (Wildman–Crippen LogP) is 2.66. The van der Waals surface area contributed by atoms with Gasteiger partial charge in [-0.15, -0.1) is 11.3 Å². The monoisotopic (exact) mass is 286 g/mol. The van der Waals surface area contributed by atoms with Gasteiger partial charge in [0.25, 0.3) is 0 Å². The molecule has 0 aliphatic carbocycles. The van der Waals surface area contributed by atoms with E-state index in [0.29, 0.717) is 16.2 Å². The van der Waals surface area contributed by atoms with Crippen LogP contribution in [0.5, 0.6) is 0 Å². The van der Waals surface area contributed by atoms with Gasteiger partial charge in [0.2, 0.25) is 5.78 Å². The molecule has 1 unspecified atom stereocenters. The van der Waals surface area contributed by atoms with E-state index in [2.05, 4.69) is 15.0 Å². The zero-order valence-corrected chi connectivity index (χ0v) is 11.8. The molecule has 3 aromatic heterocycles. The maximum absolute atomic E-state index is 12.5. The van der Waals surface area contributed by atoms with Gasteiger partial charge in [0.05, 0.1) is 11.3 Å². The number of thiazole rings is 1. The molecule has 0 fully saturated rings. The Labute approximate surface area is 119 Å². The minimum Gasteiger partial charge on any atom is -0.345 e. The van der Waals surface area contributed by atoms with Crippen molar-refractivity contribution < 1.29 is 4.79 Å². The first-order chi connectivity index (χ1) is 9.70. The summed E-state index contributed by atoms with van der Waals surface area (Å²) in [6, 6.07) is 3.57. The standard InChI is InChI=1S/C14H14N4OS/c1-2-10(15)11-7-20-14(18-11)12(19)9-6-17-13-8(9)4-3-5-16-13/h3-7,10H,2,15H2,1H3,(H,16,17). The lowest BCUT2D eigenvalue weighted by Crippen LogP contribution is -2.09. The molecule has 1 atom stereocenters. The smallest absolute Gasteiger partial charge is 0.223 e. The van der Waals surface area contributed by atoms with Crippen LogP contribution in [0.2, 0.25) is 0 Å². The summed E-state index contributed by atoms with van der Waals surface area (Å²) in [6.45, 7) is 2.00. The molecule has 20 heavy (non-hydrogen) atoms. The number of fused-ring (bicyclic) bond motifs is 1. The number of aromatic nitrogens is 3. The van der Waals surface area contributed by atoms with Crippen molar-refractivity contribution in [3.05, 3.63) is 46.2 Å².